The largest absolute Gasteiger partial charge is 0.319 e. The van der Waals surface area contributed by atoms with E-state index in [1.54, 1.807) is 0 Å². The fraction of sp³-hybridized carbons (Fsp3) is 1.00. The molecule has 2 nitrogen and oxygen atoms in total. The maximum atomic E-state index is 3.33. The summed E-state index contributed by atoms with van der Waals surface area (Å²) in [5.41, 5.74) is 0.598. The molecule has 0 aromatic rings. The minimum absolute atomic E-state index is 0.598. The number of hydrogen-bond acceptors (Lipinski definition) is 2. The van der Waals surface area contributed by atoms with E-state index >= 15 is 0 Å². The Morgan fingerprint density at radius 3 is 1.94 bits per heavy atom. The standard InChI is InChI=1S/C10H22N2.C4H10/c1-4-10(9-11-2)5-7-12(3)8-6-10;1-4(2)3/h11H,4-9H2,1-3H3;4H,1-3H3. The van der Waals surface area contributed by atoms with Crippen LogP contribution in [0.4, 0.5) is 0 Å². The molecule has 16 heavy (non-hydrogen) atoms. The summed E-state index contributed by atoms with van der Waals surface area (Å²) in [5.74, 6) is 0.833. The van der Waals surface area contributed by atoms with Crippen LogP contribution in [0.1, 0.15) is 47.0 Å². The van der Waals surface area contributed by atoms with Gasteiger partial charge in [-0.05, 0) is 57.8 Å². The van der Waals surface area contributed by atoms with Crippen LogP contribution in [0.25, 0.3) is 0 Å². The molecule has 0 radical (unpaired) electrons. The molecule has 1 rings (SSSR count). The Hall–Kier alpha value is -0.0800. The molecule has 1 fully saturated rings. The Kier molecular flexibility index (Phi) is 8.04. The van der Waals surface area contributed by atoms with E-state index in [4.69, 9.17) is 0 Å². The number of rotatable bonds is 3. The molecule has 1 heterocycles. The van der Waals surface area contributed by atoms with Gasteiger partial charge >= 0.3 is 0 Å². The Labute approximate surface area is 103 Å². The summed E-state index contributed by atoms with van der Waals surface area (Å²) >= 11 is 0. The first kappa shape index (κ1) is 15.9. The average molecular weight is 228 g/mol. The second-order valence-corrected chi connectivity index (χ2v) is 5.92. The van der Waals surface area contributed by atoms with Crippen molar-refractivity contribution in [3.8, 4) is 0 Å². The summed E-state index contributed by atoms with van der Waals surface area (Å²) in [4.78, 5) is 2.43. The molecule has 1 aliphatic rings. The lowest BCUT2D eigenvalue weighted by molar-refractivity contribution is 0.117. The number of likely N-dealkylation sites (tertiary alicyclic amines) is 1. The van der Waals surface area contributed by atoms with E-state index in [-0.39, 0.29) is 0 Å². The van der Waals surface area contributed by atoms with Crippen LogP contribution in [0, 0.1) is 11.3 Å². The first-order valence-electron chi connectivity index (χ1n) is 6.79. The zero-order valence-corrected chi connectivity index (χ0v) is 12.3. The molecule has 0 amide bonds. The smallest absolute Gasteiger partial charge is 0.000566 e. The van der Waals surface area contributed by atoms with Crippen molar-refractivity contribution < 1.29 is 0 Å². The minimum atomic E-state index is 0.598. The van der Waals surface area contributed by atoms with Crippen molar-refractivity contribution in [2.45, 2.75) is 47.0 Å². The Morgan fingerprint density at radius 1 is 1.19 bits per heavy atom. The van der Waals surface area contributed by atoms with Gasteiger partial charge in [0.05, 0.1) is 0 Å². The van der Waals surface area contributed by atoms with E-state index in [2.05, 4.69) is 52.0 Å². The monoisotopic (exact) mass is 228 g/mol. The summed E-state index contributed by atoms with van der Waals surface area (Å²) < 4.78 is 0. The Balaban J connectivity index is 0.000000487. The summed E-state index contributed by atoms with van der Waals surface area (Å²) in [6, 6.07) is 0. The molecule has 0 unspecified atom stereocenters. The van der Waals surface area contributed by atoms with Gasteiger partial charge in [-0.2, -0.15) is 0 Å². The molecular formula is C14H32N2. The molecule has 0 atom stereocenters. The first-order chi connectivity index (χ1) is 7.45. The lowest BCUT2D eigenvalue weighted by atomic mass is 9.76. The fourth-order valence-electron chi connectivity index (χ4n) is 2.12. The Bertz CT molecular complexity index is 155. The van der Waals surface area contributed by atoms with Gasteiger partial charge in [0.1, 0.15) is 0 Å². The van der Waals surface area contributed by atoms with E-state index in [0.29, 0.717) is 5.41 Å². The van der Waals surface area contributed by atoms with E-state index in [1.807, 2.05) is 0 Å². The number of piperidine rings is 1. The van der Waals surface area contributed by atoms with Crippen LogP contribution >= 0.6 is 0 Å². The van der Waals surface area contributed by atoms with Gasteiger partial charge in [0, 0.05) is 6.54 Å². The summed E-state index contributed by atoms with van der Waals surface area (Å²) in [7, 11) is 4.29. The highest BCUT2D eigenvalue weighted by atomic mass is 15.1. The van der Waals surface area contributed by atoms with Crippen LogP contribution < -0.4 is 5.32 Å². The number of hydrogen-bond donors (Lipinski definition) is 1. The van der Waals surface area contributed by atoms with Crippen molar-refractivity contribution in [2.75, 3.05) is 33.7 Å². The van der Waals surface area contributed by atoms with Crippen molar-refractivity contribution in [1.29, 1.82) is 0 Å². The maximum absolute atomic E-state index is 3.33. The van der Waals surface area contributed by atoms with Gasteiger partial charge in [0.25, 0.3) is 0 Å². The molecule has 2 heteroatoms. The molecular weight excluding hydrogens is 196 g/mol. The third-order valence-corrected chi connectivity index (χ3v) is 3.35. The summed E-state index contributed by atoms with van der Waals surface area (Å²) in [6.07, 6.45) is 4.04. The molecule has 0 bridgehead atoms. The molecule has 0 saturated carbocycles. The summed E-state index contributed by atoms with van der Waals surface area (Å²) in [5, 5.41) is 3.33. The van der Waals surface area contributed by atoms with Gasteiger partial charge in [0.2, 0.25) is 0 Å². The van der Waals surface area contributed by atoms with Gasteiger partial charge in [-0.3, -0.25) is 0 Å². The zero-order chi connectivity index (χ0) is 12.6. The number of nitrogens with one attached hydrogen (secondary N) is 1. The zero-order valence-electron chi connectivity index (χ0n) is 12.3. The predicted octanol–water partition coefficient (Wildman–Crippen LogP) is 2.99. The third-order valence-electron chi connectivity index (χ3n) is 3.35. The lowest BCUT2D eigenvalue weighted by Crippen LogP contribution is -2.42. The average Bonchev–Trinajstić information content (AvgIpc) is 2.21. The minimum Gasteiger partial charge on any atom is -0.319 e. The maximum Gasteiger partial charge on any atom is 0.000566 e. The van der Waals surface area contributed by atoms with Gasteiger partial charge in [-0.25, -0.2) is 0 Å². The van der Waals surface area contributed by atoms with Crippen molar-refractivity contribution in [1.82, 2.24) is 10.2 Å². The molecule has 98 valence electrons. The van der Waals surface area contributed by atoms with E-state index in [0.717, 1.165) is 5.92 Å². The molecule has 0 spiro atoms. The topological polar surface area (TPSA) is 15.3 Å². The summed E-state index contributed by atoms with van der Waals surface area (Å²) in [6.45, 7) is 12.6. The van der Waals surface area contributed by atoms with E-state index in [9.17, 15) is 0 Å². The fourth-order valence-corrected chi connectivity index (χ4v) is 2.12. The quantitative estimate of drug-likeness (QED) is 0.799. The highest BCUT2D eigenvalue weighted by Gasteiger charge is 2.30. The van der Waals surface area contributed by atoms with E-state index in [1.165, 1.54) is 38.9 Å². The van der Waals surface area contributed by atoms with Gasteiger partial charge in [-0.15, -0.1) is 0 Å². The van der Waals surface area contributed by atoms with Crippen molar-refractivity contribution in [3.63, 3.8) is 0 Å². The van der Waals surface area contributed by atoms with Gasteiger partial charge < -0.3 is 10.2 Å². The highest BCUT2D eigenvalue weighted by Crippen LogP contribution is 2.33. The normalized spacial score (nSPS) is 20.4. The number of nitrogens with zero attached hydrogens (tertiary/aromatic N) is 1. The molecule has 0 aliphatic carbocycles. The molecule has 1 saturated heterocycles. The lowest BCUT2D eigenvalue weighted by Gasteiger charge is -2.40. The van der Waals surface area contributed by atoms with Crippen LogP contribution in [-0.4, -0.2) is 38.6 Å². The SMILES string of the molecule is CC(C)C.CCC1(CNC)CCN(C)CC1. The molecule has 1 aliphatic heterocycles. The van der Waals surface area contributed by atoms with Gasteiger partial charge in [0.15, 0.2) is 0 Å². The second kappa shape index (κ2) is 8.08. The van der Waals surface area contributed by atoms with Crippen LogP contribution in [0.5, 0.6) is 0 Å². The second-order valence-electron chi connectivity index (χ2n) is 5.92. The highest BCUT2D eigenvalue weighted by molar-refractivity contribution is 4.85. The van der Waals surface area contributed by atoms with Crippen LogP contribution in [0.15, 0.2) is 0 Å². The van der Waals surface area contributed by atoms with Crippen molar-refractivity contribution in [2.24, 2.45) is 11.3 Å². The van der Waals surface area contributed by atoms with Crippen LogP contribution in [0.2, 0.25) is 0 Å². The van der Waals surface area contributed by atoms with Crippen molar-refractivity contribution in [3.05, 3.63) is 0 Å². The molecule has 0 aromatic carbocycles. The predicted molar refractivity (Wildman–Crippen MR) is 73.9 cm³/mol. The van der Waals surface area contributed by atoms with Gasteiger partial charge in [-0.1, -0.05) is 27.7 Å². The van der Waals surface area contributed by atoms with Crippen LogP contribution in [0.3, 0.4) is 0 Å². The molecule has 0 aromatic heterocycles. The Morgan fingerprint density at radius 2 is 1.62 bits per heavy atom. The van der Waals surface area contributed by atoms with Crippen LogP contribution in [-0.2, 0) is 0 Å². The van der Waals surface area contributed by atoms with E-state index < -0.39 is 0 Å². The van der Waals surface area contributed by atoms with Crippen molar-refractivity contribution >= 4 is 0 Å². The molecule has 1 N–H and O–H groups in total. The first-order valence-corrected chi connectivity index (χ1v) is 6.79. The third kappa shape index (κ3) is 6.49.